The summed E-state index contributed by atoms with van der Waals surface area (Å²) in [7, 11) is 0. The number of ether oxygens (including phenoxy) is 1. The summed E-state index contributed by atoms with van der Waals surface area (Å²) < 4.78 is 7.68. The van der Waals surface area contributed by atoms with Crippen molar-refractivity contribution in [3.63, 3.8) is 0 Å². The van der Waals surface area contributed by atoms with Gasteiger partial charge >= 0.3 is 0 Å². The fourth-order valence-electron chi connectivity index (χ4n) is 4.92. The lowest BCUT2D eigenvalue weighted by Gasteiger charge is -2.30. The lowest BCUT2D eigenvalue weighted by atomic mass is 10.0. The number of tetrazole rings is 1. The van der Waals surface area contributed by atoms with E-state index in [0.29, 0.717) is 24.5 Å². The van der Waals surface area contributed by atoms with Gasteiger partial charge in [0.2, 0.25) is 0 Å². The molecule has 1 aliphatic heterocycles. The van der Waals surface area contributed by atoms with E-state index in [9.17, 15) is 4.79 Å². The van der Waals surface area contributed by atoms with Crippen LogP contribution < -0.4 is 5.56 Å². The van der Waals surface area contributed by atoms with Crippen LogP contribution in [-0.2, 0) is 24.2 Å². The molecule has 3 heterocycles. The van der Waals surface area contributed by atoms with Gasteiger partial charge in [0, 0.05) is 24.2 Å². The minimum Gasteiger partial charge on any atom is -0.376 e. The zero-order chi connectivity index (χ0) is 24.2. The number of nitrogens with zero attached hydrogens (tertiary/aromatic N) is 5. The Bertz CT molecular complexity index is 1330. The molecule has 0 bridgehead atoms. The van der Waals surface area contributed by atoms with Crippen molar-refractivity contribution in [1.29, 1.82) is 0 Å². The van der Waals surface area contributed by atoms with Gasteiger partial charge in [-0.15, -0.1) is 5.10 Å². The van der Waals surface area contributed by atoms with E-state index in [4.69, 9.17) is 4.74 Å². The number of aromatic nitrogens is 5. The maximum absolute atomic E-state index is 13.5. The topological polar surface area (TPSA) is 88.9 Å². The summed E-state index contributed by atoms with van der Waals surface area (Å²) >= 11 is 0. The lowest BCUT2D eigenvalue weighted by Crippen LogP contribution is -2.35. The first-order valence-corrected chi connectivity index (χ1v) is 12.5. The van der Waals surface area contributed by atoms with Crippen LogP contribution in [0, 0.1) is 0 Å². The van der Waals surface area contributed by atoms with E-state index in [-0.39, 0.29) is 11.7 Å². The standard InChI is InChI=1S/C27H32N6O2/c1-3-19-12-13-24-21(15-19)16-23(27(34)28-24)25(32(4-2)17-20-9-6-5-7-10-20)26-29-30-31-33(26)18-22-11-8-14-35-22/h5-7,9-10,12-13,15-16,22,25H,3-4,8,11,14,17-18H2,1-2H3,(H,28,34)/t22-,25+/m0/s1. The SMILES string of the molecule is CCc1ccc2[nH]c(=O)c([C@H](c3nnnn3C[C@@H]3CCCO3)N(CC)Cc3ccccc3)cc2c1. The largest absolute Gasteiger partial charge is 0.376 e. The molecule has 2 aromatic heterocycles. The fraction of sp³-hybridized carbons (Fsp3) is 0.407. The Kier molecular flexibility index (Phi) is 7.01. The van der Waals surface area contributed by atoms with Crippen molar-refractivity contribution in [2.45, 2.75) is 58.3 Å². The van der Waals surface area contributed by atoms with Gasteiger partial charge in [-0.25, -0.2) is 4.68 Å². The molecule has 0 spiro atoms. The van der Waals surface area contributed by atoms with E-state index in [1.807, 2.05) is 35.0 Å². The number of hydrogen-bond donors (Lipinski definition) is 1. The van der Waals surface area contributed by atoms with Crippen molar-refractivity contribution in [2.75, 3.05) is 13.2 Å². The molecule has 8 heteroatoms. The van der Waals surface area contributed by atoms with E-state index >= 15 is 0 Å². The summed E-state index contributed by atoms with van der Waals surface area (Å²) in [4.78, 5) is 18.8. The average molecular weight is 473 g/mol. The molecule has 0 saturated carbocycles. The van der Waals surface area contributed by atoms with Crippen LogP contribution in [0.4, 0.5) is 0 Å². The molecule has 1 N–H and O–H groups in total. The Morgan fingerprint density at radius 2 is 2.00 bits per heavy atom. The number of aryl methyl sites for hydroxylation is 1. The zero-order valence-electron chi connectivity index (χ0n) is 20.4. The van der Waals surface area contributed by atoms with Crippen molar-refractivity contribution < 1.29 is 4.74 Å². The molecule has 8 nitrogen and oxygen atoms in total. The molecule has 0 amide bonds. The van der Waals surface area contributed by atoms with Gasteiger partial charge in [0.1, 0.15) is 6.04 Å². The van der Waals surface area contributed by atoms with Crippen LogP contribution in [0.1, 0.15) is 55.2 Å². The predicted octanol–water partition coefficient (Wildman–Crippen LogP) is 3.87. The highest BCUT2D eigenvalue weighted by atomic mass is 16.5. The van der Waals surface area contributed by atoms with Gasteiger partial charge in [-0.1, -0.05) is 50.2 Å². The van der Waals surface area contributed by atoms with Gasteiger partial charge < -0.3 is 9.72 Å². The quantitative estimate of drug-likeness (QED) is 0.398. The maximum atomic E-state index is 13.5. The summed E-state index contributed by atoms with van der Waals surface area (Å²) in [6.45, 7) is 6.97. The highest BCUT2D eigenvalue weighted by Gasteiger charge is 2.31. The highest BCUT2D eigenvalue weighted by molar-refractivity contribution is 5.80. The van der Waals surface area contributed by atoms with Crippen LogP contribution in [0.15, 0.2) is 59.4 Å². The molecule has 1 saturated heterocycles. The third-order valence-electron chi connectivity index (χ3n) is 6.84. The second-order valence-corrected chi connectivity index (χ2v) is 9.13. The van der Waals surface area contributed by atoms with Crippen molar-refractivity contribution in [3.05, 3.63) is 87.5 Å². The molecule has 5 rings (SSSR count). The summed E-state index contributed by atoms with van der Waals surface area (Å²) in [5.41, 5.74) is 3.76. The van der Waals surface area contributed by atoms with E-state index in [1.54, 1.807) is 0 Å². The van der Waals surface area contributed by atoms with E-state index in [2.05, 4.69) is 63.5 Å². The van der Waals surface area contributed by atoms with Crippen LogP contribution in [0.2, 0.25) is 0 Å². The first-order chi connectivity index (χ1) is 17.2. The van der Waals surface area contributed by atoms with Crippen LogP contribution in [0.3, 0.4) is 0 Å². The lowest BCUT2D eigenvalue weighted by molar-refractivity contribution is 0.0907. The van der Waals surface area contributed by atoms with Crippen molar-refractivity contribution in [2.24, 2.45) is 0 Å². The molecule has 2 atom stereocenters. The fourth-order valence-corrected chi connectivity index (χ4v) is 4.92. The summed E-state index contributed by atoms with van der Waals surface area (Å²) in [5, 5.41) is 13.8. The molecule has 35 heavy (non-hydrogen) atoms. The minimum absolute atomic E-state index is 0.0871. The van der Waals surface area contributed by atoms with Gasteiger partial charge in [0.25, 0.3) is 5.56 Å². The average Bonchev–Trinajstić information content (AvgIpc) is 3.57. The normalized spacial score (nSPS) is 16.8. The number of fused-ring (bicyclic) bond motifs is 1. The Balaban J connectivity index is 1.62. The third kappa shape index (κ3) is 5.04. The molecule has 0 radical (unpaired) electrons. The Morgan fingerprint density at radius 1 is 1.14 bits per heavy atom. The molecular weight excluding hydrogens is 440 g/mol. The summed E-state index contributed by atoms with van der Waals surface area (Å²) in [6.07, 6.45) is 3.05. The van der Waals surface area contributed by atoms with E-state index in [0.717, 1.165) is 43.3 Å². The van der Waals surface area contributed by atoms with Crippen LogP contribution in [-0.4, -0.2) is 49.3 Å². The Hall–Kier alpha value is -3.36. The van der Waals surface area contributed by atoms with Crippen molar-refractivity contribution in [3.8, 4) is 0 Å². The van der Waals surface area contributed by atoms with E-state index in [1.165, 1.54) is 11.1 Å². The molecule has 0 aliphatic carbocycles. The zero-order valence-corrected chi connectivity index (χ0v) is 20.4. The van der Waals surface area contributed by atoms with Gasteiger partial charge in [0.15, 0.2) is 5.82 Å². The van der Waals surface area contributed by atoms with Gasteiger partial charge in [-0.05, 0) is 70.9 Å². The monoisotopic (exact) mass is 472 g/mol. The number of hydrogen-bond acceptors (Lipinski definition) is 6. The predicted molar refractivity (Wildman–Crippen MR) is 135 cm³/mol. The van der Waals surface area contributed by atoms with Crippen LogP contribution in [0.5, 0.6) is 0 Å². The molecule has 0 unspecified atom stereocenters. The van der Waals surface area contributed by atoms with Crippen LogP contribution in [0.25, 0.3) is 10.9 Å². The molecule has 1 fully saturated rings. The number of aromatic amines is 1. The Morgan fingerprint density at radius 3 is 2.74 bits per heavy atom. The van der Waals surface area contributed by atoms with Crippen LogP contribution >= 0.6 is 0 Å². The number of H-pyrrole nitrogens is 1. The minimum atomic E-state index is -0.407. The summed E-state index contributed by atoms with van der Waals surface area (Å²) in [6, 6.07) is 18.1. The number of benzene rings is 2. The van der Waals surface area contributed by atoms with Gasteiger partial charge in [-0.3, -0.25) is 9.69 Å². The number of nitrogens with one attached hydrogen (secondary N) is 1. The first kappa shape index (κ1) is 23.4. The summed E-state index contributed by atoms with van der Waals surface area (Å²) in [5.74, 6) is 0.662. The third-order valence-corrected chi connectivity index (χ3v) is 6.84. The molecule has 4 aromatic rings. The smallest absolute Gasteiger partial charge is 0.253 e. The molecular formula is C27H32N6O2. The first-order valence-electron chi connectivity index (χ1n) is 12.5. The molecule has 182 valence electrons. The van der Waals surface area contributed by atoms with Crippen molar-refractivity contribution in [1.82, 2.24) is 30.1 Å². The van der Waals surface area contributed by atoms with E-state index < -0.39 is 6.04 Å². The van der Waals surface area contributed by atoms with Crippen molar-refractivity contribution >= 4 is 10.9 Å². The number of pyridine rings is 1. The second kappa shape index (κ2) is 10.5. The number of rotatable bonds is 9. The van der Waals surface area contributed by atoms with Gasteiger partial charge in [-0.2, -0.15) is 0 Å². The highest BCUT2D eigenvalue weighted by Crippen LogP contribution is 2.29. The Labute approximate surface area is 204 Å². The second-order valence-electron chi connectivity index (χ2n) is 9.13. The molecule has 2 aromatic carbocycles. The van der Waals surface area contributed by atoms with Gasteiger partial charge in [0.05, 0.1) is 12.6 Å². The molecule has 1 aliphatic rings. The maximum Gasteiger partial charge on any atom is 0.253 e.